The zero-order chi connectivity index (χ0) is 17.3. The van der Waals surface area contributed by atoms with E-state index in [0.717, 1.165) is 11.1 Å². The van der Waals surface area contributed by atoms with Gasteiger partial charge in [0.1, 0.15) is 6.10 Å². The average molecular weight is 367 g/mol. The Morgan fingerprint density at radius 2 is 1.54 bits per heavy atom. The summed E-state index contributed by atoms with van der Waals surface area (Å²) in [6, 6.07) is 12.3. The minimum atomic E-state index is -3.91. The summed E-state index contributed by atoms with van der Waals surface area (Å²) in [5.74, 6) is 0. The van der Waals surface area contributed by atoms with Gasteiger partial charge in [0.2, 0.25) is 0 Å². The van der Waals surface area contributed by atoms with E-state index >= 15 is 0 Å². The first-order chi connectivity index (χ1) is 11.4. The molecular weight excluding hydrogens is 352 g/mol. The third-order valence-electron chi connectivity index (χ3n) is 3.95. The lowest BCUT2D eigenvalue weighted by molar-refractivity contribution is -0.0328. The predicted octanol–water partition coefficient (Wildman–Crippen LogP) is 1.82. The molecule has 1 fully saturated rings. The quantitative estimate of drug-likeness (QED) is 0.639. The number of aliphatic hydroxyl groups excluding tert-OH is 1. The Bertz CT molecular complexity index is 843. The minimum absolute atomic E-state index is 0.0163. The molecule has 2 aromatic carbocycles. The monoisotopic (exact) mass is 367 g/mol. The lowest BCUT2D eigenvalue weighted by atomic mass is 9.93. The maximum absolute atomic E-state index is 12.1. The van der Waals surface area contributed by atoms with Crippen LogP contribution in [0.15, 0.2) is 58.3 Å². The van der Waals surface area contributed by atoms with E-state index in [9.17, 15) is 22.3 Å². The van der Waals surface area contributed by atoms with Crippen molar-refractivity contribution in [3.63, 3.8) is 0 Å². The second kappa shape index (κ2) is 6.73. The summed E-state index contributed by atoms with van der Waals surface area (Å²) in [7, 11) is -3.91. The highest BCUT2D eigenvalue weighted by molar-refractivity contribution is 7.86. The highest BCUT2D eigenvalue weighted by Gasteiger charge is 2.34. The lowest BCUT2D eigenvalue weighted by Gasteiger charge is -2.31. The molecule has 6 nitrogen and oxygen atoms in total. The Hall–Kier alpha value is -1.58. The van der Waals surface area contributed by atoms with Crippen LogP contribution in [-0.2, 0) is 25.4 Å². The SMILES string of the molecule is O=S([O-])c1ccc(-c2ccc(S(=O)(=O)OC3CCC3O)cc2)cc1. The first kappa shape index (κ1) is 17.2. The molecule has 3 atom stereocenters. The summed E-state index contributed by atoms with van der Waals surface area (Å²) in [6.07, 6.45) is -0.339. The Kier molecular flexibility index (Phi) is 4.84. The van der Waals surface area contributed by atoms with E-state index in [-0.39, 0.29) is 9.79 Å². The van der Waals surface area contributed by atoms with E-state index in [4.69, 9.17) is 4.18 Å². The van der Waals surface area contributed by atoms with Crippen LogP contribution in [0, 0.1) is 0 Å². The average Bonchev–Trinajstić information content (AvgIpc) is 2.59. The summed E-state index contributed by atoms with van der Waals surface area (Å²) < 4.78 is 51.0. The predicted molar refractivity (Wildman–Crippen MR) is 86.4 cm³/mol. The summed E-state index contributed by atoms with van der Waals surface area (Å²) >= 11 is -2.28. The molecule has 2 aromatic rings. The van der Waals surface area contributed by atoms with Crippen LogP contribution in [0.25, 0.3) is 11.1 Å². The highest BCUT2D eigenvalue weighted by atomic mass is 32.2. The molecule has 128 valence electrons. The van der Waals surface area contributed by atoms with Gasteiger partial charge in [0.15, 0.2) is 0 Å². The normalized spacial score (nSPS) is 21.9. The summed E-state index contributed by atoms with van der Waals surface area (Å²) in [5.41, 5.74) is 1.52. The van der Waals surface area contributed by atoms with Gasteiger partial charge in [-0.3, -0.25) is 8.39 Å². The van der Waals surface area contributed by atoms with Crippen molar-refractivity contribution in [1.82, 2.24) is 0 Å². The van der Waals surface area contributed by atoms with Gasteiger partial charge in [-0.05, 0) is 59.3 Å². The second-order valence-corrected chi connectivity index (χ2v) is 8.03. The van der Waals surface area contributed by atoms with E-state index in [1.165, 1.54) is 24.3 Å². The first-order valence-electron chi connectivity index (χ1n) is 7.28. The summed E-state index contributed by atoms with van der Waals surface area (Å²) in [5, 5.41) is 9.44. The smallest absolute Gasteiger partial charge is 0.297 e. The van der Waals surface area contributed by atoms with E-state index in [1.807, 2.05) is 0 Å². The third-order valence-corrected chi connectivity index (χ3v) is 5.96. The first-order valence-corrected chi connectivity index (χ1v) is 9.76. The number of hydrogen-bond acceptors (Lipinski definition) is 6. The lowest BCUT2D eigenvalue weighted by Crippen LogP contribution is -2.40. The zero-order valence-corrected chi connectivity index (χ0v) is 14.1. The fraction of sp³-hybridized carbons (Fsp3) is 0.250. The fourth-order valence-corrected chi connectivity index (χ4v) is 3.84. The van der Waals surface area contributed by atoms with Gasteiger partial charge in [-0.1, -0.05) is 24.3 Å². The standard InChI is InChI=1S/C16H16O6S2/c17-15-9-10-16(15)22-24(20,21)14-7-3-12(4-8-14)11-1-5-13(6-2-11)23(18)19/h1-8,15-17H,9-10H2,(H,18,19)/p-1. The van der Waals surface area contributed by atoms with Gasteiger partial charge in [0.25, 0.3) is 10.1 Å². The third kappa shape index (κ3) is 3.57. The van der Waals surface area contributed by atoms with Crippen LogP contribution in [0.3, 0.4) is 0 Å². The number of aliphatic hydroxyl groups is 1. The molecule has 0 bridgehead atoms. The van der Waals surface area contributed by atoms with Crippen LogP contribution in [0.4, 0.5) is 0 Å². The molecule has 0 aliphatic heterocycles. The second-order valence-electron chi connectivity index (χ2n) is 5.52. The number of benzene rings is 2. The van der Waals surface area contributed by atoms with Crippen molar-refractivity contribution in [2.24, 2.45) is 0 Å². The van der Waals surface area contributed by atoms with Crippen molar-refractivity contribution in [1.29, 1.82) is 0 Å². The molecule has 0 radical (unpaired) electrons. The van der Waals surface area contributed by atoms with E-state index < -0.39 is 33.4 Å². The van der Waals surface area contributed by atoms with Gasteiger partial charge in [-0.25, -0.2) is 0 Å². The molecule has 3 rings (SSSR count). The van der Waals surface area contributed by atoms with Crippen molar-refractivity contribution >= 4 is 21.2 Å². The molecule has 0 heterocycles. The zero-order valence-electron chi connectivity index (χ0n) is 12.5. The van der Waals surface area contributed by atoms with Gasteiger partial charge in [-0.15, -0.1) is 0 Å². The van der Waals surface area contributed by atoms with Gasteiger partial charge >= 0.3 is 0 Å². The van der Waals surface area contributed by atoms with Gasteiger partial charge < -0.3 is 9.66 Å². The maximum atomic E-state index is 12.1. The van der Waals surface area contributed by atoms with E-state index in [0.29, 0.717) is 12.8 Å². The fourth-order valence-electron chi connectivity index (χ4n) is 2.35. The summed E-state index contributed by atoms with van der Waals surface area (Å²) in [4.78, 5) is 0.202. The maximum Gasteiger partial charge on any atom is 0.297 e. The number of rotatable bonds is 5. The van der Waals surface area contributed by atoms with E-state index in [1.54, 1.807) is 24.3 Å². The van der Waals surface area contributed by atoms with Crippen LogP contribution in [0.1, 0.15) is 12.8 Å². The van der Waals surface area contributed by atoms with Crippen molar-refractivity contribution in [2.75, 3.05) is 0 Å². The van der Waals surface area contributed by atoms with Gasteiger partial charge in [0.05, 0.1) is 11.0 Å². The van der Waals surface area contributed by atoms with Crippen molar-refractivity contribution in [2.45, 2.75) is 34.8 Å². The van der Waals surface area contributed by atoms with Crippen molar-refractivity contribution in [3.05, 3.63) is 48.5 Å². The molecule has 24 heavy (non-hydrogen) atoms. The topological polar surface area (TPSA) is 104 Å². The molecule has 1 aliphatic rings. The van der Waals surface area contributed by atoms with Crippen LogP contribution in [-0.4, -0.2) is 34.5 Å². The Labute approximate surface area is 142 Å². The van der Waals surface area contributed by atoms with Gasteiger partial charge in [0, 0.05) is 4.90 Å². The van der Waals surface area contributed by atoms with Crippen LogP contribution >= 0.6 is 0 Å². The number of hydrogen-bond donors (Lipinski definition) is 1. The summed E-state index contributed by atoms with van der Waals surface area (Å²) in [6.45, 7) is 0. The molecule has 0 spiro atoms. The Balaban J connectivity index is 1.78. The van der Waals surface area contributed by atoms with Crippen LogP contribution in [0.5, 0.6) is 0 Å². The Morgan fingerprint density at radius 1 is 1.00 bits per heavy atom. The largest absolute Gasteiger partial charge is 0.768 e. The molecule has 8 heteroatoms. The van der Waals surface area contributed by atoms with Crippen LogP contribution in [0.2, 0.25) is 0 Å². The molecule has 0 aromatic heterocycles. The van der Waals surface area contributed by atoms with E-state index in [2.05, 4.69) is 0 Å². The highest BCUT2D eigenvalue weighted by Crippen LogP contribution is 2.28. The van der Waals surface area contributed by atoms with Crippen molar-refractivity contribution in [3.8, 4) is 11.1 Å². The van der Waals surface area contributed by atoms with Crippen molar-refractivity contribution < 1.29 is 26.5 Å². The Morgan fingerprint density at radius 3 is 1.96 bits per heavy atom. The molecule has 0 amide bonds. The molecule has 3 unspecified atom stereocenters. The molecule has 0 saturated heterocycles. The molecule has 1 aliphatic carbocycles. The molecular formula is C16H15O6S2-. The molecule has 1 saturated carbocycles. The molecule has 1 N–H and O–H groups in total. The minimum Gasteiger partial charge on any atom is -0.768 e. The van der Waals surface area contributed by atoms with Crippen LogP contribution < -0.4 is 0 Å². The van der Waals surface area contributed by atoms with Gasteiger partial charge in [-0.2, -0.15) is 8.42 Å².